The Hall–Kier alpha value is -0.520. The molecule has 2 rings (SSSR count). The zero-order valence-electron chi connectivity index (χ0n) is 9.72. The number of nitrogens with one attached hydrogen (secondary N) is 1. The van der Waals surface area contributed by atoms with Crippen molar-refractivity contribution >= 4 is 11.8 Å². The monoisotopic (exact) mass is 240 g/mol. The molecular weight excluding hydrogens is 220 g/mol. The molecule has 0 saturated carbocycles. The lowest BCUT2D eigenvalue weighted by atomic mass is 9.95. The highest BCUT2D eigenvalue weighted by atomic mass is 32.2. The summed E-state index contributed by atoms with van der Waals surface area (Å²) in [5, 5.41) is 4.36. The van der Waals surface area contributed by atoms with Crippen LogP contribution < -0.4 is 11.3 Å². The molecule has 0 radical (unpaired) electrons. The van der Waals surface area contributed by atoms with Crippen molar-refractivity contribution < 1.29 is 0 Å². The first kappa shape index (κ1) is 12.0. The summed E-state index contributed by atoms with van der Waals surface area (Å²) in [6.07, 6.45) is 6.43. The van der Waals surface area contributed by atoms with Crippen LogP contribution in [0.5, 0.6) is 0 Å². The van der Waals surface area contributed by atoms with Crippen molar-refractivity contribution in [1.82, 2.24) is 15.2 Å². The largest absolute Gasteiger partial charge is 0.272 e. The van der Waals surface area contributed by atoms with Gasteiger partial charge in [0.2, 0.25) is 0 Å². The van der Waals surface area contributed by atoms with Crippen molar-refractivity contribution in [3.63, 3.8) is 0 Å². The highest BCUT2D eigenvalue weighted by molar-refractivity contribution is 7.99. The Morgan fingerprint density at radius 3 is 3.25 bits per heavy atom. The van der Waals surface area contributed by atoms with Crippen LogP contribution in [0.15, 0.2) is 12.4 Å². The lowest BCUT2D eigenvalue weighted by molar-refractivity contribution is 0.400. The Bertz CT molecular complexity index is 320. The van der Waals surface area contributed by atoms with Gasteiger partial charge >= 0.3 is 0 Å². The molecule has 4 nitrogen and oxygen atoms in total. The number of hydrogen-bond acceptors (Lipinski definition) is 4. The summed E-state index contributed by atoms with van der Waals surface area (Å²) < 4.78 is 2.00. The second kappa shape index (κ2) is 5.70. The fourth-order valence-corrected chi connectivity index (χ4v) is 3.51. The maximum Gasteiger partial charge on any atom is 0.0538 e. The fraction of sp³-hybridized carbons (Fsp3) is 0.727. The van der Waals surface area contributed by atoms with E-state index in [0.717, 1.165) is 13.0 Å². The maximum absolute atomic E-state index is 5.67. The van der Waals surface area contributed by atoms with Gasteiger partial charge in [-0.1, -0.05) is 6.92 Å². The molecule has 2 unspecified atom stereocenters. The van der Waals surface area contributed by atoms with Gasteiger partial charge in [-0.2, -0.15) is 16.9 Å². The molecule has 5 heteroatoms. The number of nitrogens with two attached hydrogens (primary N) is 1. The van der Waals surface area contributed by atoms with Crippen LogP contribution in [-0.2, 0) is 6.54 Å². The molecule has 0 aliphatic carbocycles. The van der Waals surface area contributed by atoms with E-state index >= 15 is 0 Å². The zero-order valence-corrected chi connectivity index (χ0v) is 10.5. The molecule has 0 bridgehead atoms. The summed E-state index contributed by atoms with van der Waals surface area (Å²) in [6, 6.07) is 0.264. The third kappa shape index (κ3) is 2.59. The molecule has 0 aromatic carbocycles. The molecule has 1 saturated heterocycles. The van der Waals surface area contributed by atoms with Gasteiger partial charge in [0.1, 0.15) is 0 Å². The first-order chi connectivity index (χ1) is 7.85. The summed E-state index contributed by atoms with van der Waals surface area (Å²) in [6.45, 7) is 3.14. The molecule has 1 aromatic rings. The van der Waals surface area contributed by atoms with Crippen LogP contribution >= 0.6 is 11.8 Å². The summed E-state index contributed by atoms with van der Waals surface area (Å²) in [5.74, 6) is 8.78. The summed E-state index contributed by atoms with van der Waals surface area (Å²) >= 11 is 2.01. The minimum Gasteiger partial charge on any atom is -0.272 e. The summed E-state index contributed by atoms with van der Waals surface area (Å²) in [5.41, 5.74) is 4.17. The molecule has 1 aromatic heterocycles. The number of aryl methyl sites for hydroxylation is 1. The normalized spacial score (nSPS) is 22.5. The smallest absolute Gasteiger partial charge is 0.0538 e. The summed E-state index contributed by atoms with van der Waals surface area (Å²) in [7, 11) is 0. The fourth-order valence-electron chi connectivity index (χ4n) is 2.21. The Morgan fingerprint density at radius 2 is 2.62 bits per heavy atom. The van der Waals surface area contributed by atoms with Crippen LogP contribution in [0, 0.1) is 5.92 Å². The second-order valence-electron chi connectivity index (χ2n) is 4.30. The summed E-state index contributed by atoms with van der Waals surface area (Å²) in [4.78, 5) is 0. The predicted molar refractivity (Wildman–Crippen MR) is 68.0 cm³/mol. The van der Waals surface area contributed by atoms with Crippen LogP contribution in [0.1, 0.15) is 31.4 Å². The minimum absolute atomic E-state index is 0.264. The van der Waals surface area contributed by atoms with Crippen molar-refractivity contribution in [2.24, 2.45) is 11.8 Å². The van der Waals surface area contributed by atoms with Gasteiger partial charge in [-0.25, -0.2) is 0 Å². The molecule has 1 aliphatic rings. The SMILES string of the molecule is CCCn1cc(C(NN)C2CCSC2)cn1. The number of rotatable bonds is 5. The first-order valence-electron chi connectivity index (χ1n) is 5.91. The van der Waals surface area contributed by atoms with E-state index in [0.29, 0.717) is 5.92 Å². The molecule has 16 heavy (non-hydrogen) atoms. The average molecular weight is 240 g/mol. The van der Waals surface area contributed by atoms with Crippen molar-refractivity contribution in [2.45, 2.75) is 32.4 Å². The molecular formula is C11H20N4S. The Kier molecular flexibility index (Phi) is 4.26. The molecule has 0 spiro atoms. The zero-order chi connectivity index (χ0) is 11.4. The molecule has 1 fully saturated rings. The predicted octanol–water partition coefficient (Wildman–Crippen LogP) is 1.55. The van der Waals surface area contributed by atoms with Crippen LogP contribution in [0.4, 0.5) is 0 Å². The van der Waals surface area contributed by atoms with Crippen molar-refractivity contribution in [3.05, 3.63) is 18.0 Å². The number of hydrazine groups is 1. The van der Waals surface area contributed by atoms with Gasteiger partial charge < -0.3 is 0 Å². The number of nitrogens with zero attached hydrogens (tertiary/aromatic N) is 2. The van der Waals surface area contributed by atoms with Gasteiger partial charge in [0.25, 0.3) is 0 Å². The first-order valence-corrected chi connectivity index (χ1v) is 7.06. The maximum atomic E-state index is 5.67. The lowest BCUT2D eigenvalue weighted by Crippen LogP contribution is -2.33. The molecule has 90 valence electrons. The Labute approximate surface area is 101 Å². The number of thioether (sulfide) groups is 1. The van der Waals surface area contributed by atoms with Gasteiger partial charge in [-0.3, -0.25) is 16.0 Å². The molecule has 1 aliphatic heterocycles. The van der Waals surface area contributed by atoms with Crippen molar-refractivity contribution in [3.8, 4) is 0 Å². The molecule has 2 heterocycles. The quantitative estimate of drug-likeness (QED) is 0.605. The third-order valence-corrected chi connectivity index (χ3v) is 4.27. The van der Waals surface area contributed by atoms with Crippen molar-refractivity contribution in [2.75, 3.05) is 11.5 Å². The van der Waals surface area contributed by atoms with E-state index in [9.17, 15) is 0 Å². The van der Waals surface area contributed by atoms with E-state index in [1.54, 1.807) is 0 Å². The topological polar surface area (TPSA) is 55.9 Å². The van der Waals surface area contributed by atoms with Gasteiger partial charge in [-0.15, -0.1) is 0 Å². The van der Waals surface area contributed by atoms with E-state index in [4.69, 9.17) is 5.84 Å². The Morgan fingerprint density at radius 1 is 1.75 bits per heavy atom. The van der Waals surface area contributed by atoms with E-state index in [1.165, 1.54) is 23.5 Å². The standard InChI is InChI=1S/C11H20N4S/c1-2-4-15-7-10(6-13-15)11(14-12)9-3-5-16-8-9/h6-7,9,11,14H,2-5,8,12H2,1H3. The highest BCUT2D eigenvalue weighted by Crippen LogP contribution is 2.33. The molecule has 2 atom stereocenters. The van der Waals surface area contributed by atoms with Crippen LogP contribution in [0.25, 0.3) is 0 Å². The van der Waals surface area contributed by atoms with Gasteiger partial charge in [-0.05, 0) is 30.3 Å². The van der Waals surface area contributed by atoms with Crippen LogP contribution in [-0.4, -0.2) is 21.3 Å². The minimum atomic E-state index is 0.264. The average Bonchev–Trinajstić information content (AvgIpc) is 2.92. The van der Waals surface area contributed by atoms with E-state index in [1.807, 2.05) is 22.6 Å². The van der Waals surface area contributed by atoms with Gasteiger partial charge in [0.05, 0.1) is 12.2 Å². The highest BCUT2D eigenvalue weighted by Gasteiger charge is 2.26. The van der Waals surface area contributed by atoms with E-state index < -0.39 is 0 Å². The van der Waals surface area contributed by atoms with E-state index in [-0.39, 0.29) is 6.04 Å². The van der Waals surface area contributed by atoms with Gasteiger partial charge in [0.15, 0.2) is 0 Å². The number of hydrogen-bond donors (Lipinski definition) is 2. The van der Waals surface area contributed by atoms with Gasteiger partial charge in [0, 0.05) is 18.3 Å². The lowest BCUT2D eigenvalue weighted by Gasteiger charge is -2.20. The van der Waals surface area contributed by atoms with Crippen LogP contribution in [0.2, 0.25) is 0 Å². The van der Waals surface area contributed by atoms with E-state index in [2.05, 4.69) is 23.6 Å². The van der Waals surface area contributed by atoms with Crippen LogP contribution in [0.3, 0.4) is 0 Å². The molecule has 0 amide bonds. The third-order valence-electron chi connectivity index (χ3n) is 3.08. The Balaban J connectivity index is 2.06. The van der Waals surface area contributed by atoms with Crippen molar-refractivity contribution in [1.29, 1.82) is 0 Å². The molecule has 3 N–H and O–H groups in total. The number of aromatic nitrogens is 2. The second-order valence-corrected chi connectivity index (χ2v) is 5.45.